The minimum atomic E-state index is -1.03. The molecule has 0 radical (unpaired) electrons. The largest absolute Gasteiger partial charge is 0.480 e. The molecule has 0 aliphatic rings. The van der Waals surface area contributed by atoms with Gasteiger partial charge in [0.1, 0.15) is 12.4 Å². The zero-order valence-electron chi connectivity index (χ0n) is 12.7. The lowest BCUT2D eigenvalue weighted by atomic mass is 9.96. The summed E-state index contributed by atoms with van der Waals surface area (Å²) in [6.07, 6.45) is 0.856. The molecule has 1 amide bonds. The van der Waals surface area contributed by atoms with Crippen molar-refractivity contribution in [3.05, 3.63) is 35.6 Å². The second-order valence-electron chi connectivity index (χ2n) is 5.33. The van der Waals surface area contributed by atoms with Crippen LogP contribution in [0.2, 0.25) is 0 Å². The summed E-state index contributed by atoms with van der Waals surface area (Å²) in [6, 6.07) is 6.01. The number of aliphatic carboxylic acids is 1. The molecule has 0 heterocycles. The number of halogens is 1. The first-order valence-electron chi connectivity index (χ1n) is 7.11. The molecule has 1 N–H and O–H groups in total. The molecule has 0 spiro atoms. The molecule has 0 bridgehead atoms. The zero-order valence-corrected chi connectivity index (χ0v) is 12.7. The second-order valence-corrected chi connectivity index (χ2v) is 5.33. The van der Waals surface area contributed by atoms with Crippen LogP contribution in [0.3, 0.4) is 0 Å². The lowest BCUT2D eigenvalue weighted by Crippen LogP contribution is -2.42. The Morgan fingerprint density at radius 1 is 1.33 bits per heavy atom. The Morgan fingerprint density at radius 3 is 2.52 bits per heavy atom. The molecule has 0 saturated carbocycles. The highest BCUT2D eigenvalue weighted by Crippen LogP contribution is 2.21. The molecule has 2 unspecified atom stereocenters. The van der Waals surface area contributed by atoms with Gasteiger partial charge in [0.2, 0.25) is 5.91 Å². The smallest absolute Gasteiger partial charge is 0.323 e. The molecule has 1 aromatic carbocycles. The van der Waals surface area contributed by atoms with Gasteiger partial charge in [-0.2, -0.15) is 0 Å². The monoisotopic (exact) mass is 295 g/mol. The fourth-order valence-corrected chi connectivity index (χ4v) is 2.17. The van der Waals surface area contributed by atoms with Gasteiger partial charge >= 0.3 is 5.97 Å². The van der Waals surface area contributed by atoms with Gasteiger partial charge in [0.15, 0.2) is 0 Å². The van der Waals surface area contributed by atoms with E-state index in [0.29, 0.717) is 6.42 Å². The summed E-state index contributed by atoms with van der Waals surface area (Å²) in [5, 5.41) is 8.92. The van der Waals surface area contributed by atoms with Gasteiger partial charge in [0.05, 0.1) is 0 Å². The molecule has 4 nitrogen and oxygen atoms in total. The molecule has 116 valence electrons. The number of carbonyl (C=O) groups excluding carboxylic acids is 1. The Labute approximate surface area is 124 Å². The maximum Gasteiger partial charge on any atom is 0.323 e. The molecule has 0 saturated heterocycles. The van der Waals surface area contributed by atoms with Crippen LogP contribution in [0.5, 0.6) is 0 Å². The van der Waals surface area contributed by atoms with Gasteiger partial charge in [-0.05, 0) is 37.0 Å². The van der Waals surface area contributed by atoms with Crippen LogP contribution >= 0.6 is 0 Å². The van der Waals surface area contributed by atoms with Crippen LogP contribution in [0, 0.1) is 5.82 Å². The van der Waals surface area contributed by atoms with Gasteiger partial charge in [-0.1, -0.05) is 26.0 Å². The Bertz CT molecular complexity index is 504. The normalized spacial score (nSPS) is 13.5. The van der Waals surface area contributed by atoms with E-state index in [4.69, 9.17) is 5.11 Å². The van der Waals surface area contributed by atoms with E-state index < -0.39 is 5.97 Å². The van der Waals surface area contributed by atoms with Crippen molar-refractivity contribution in [1.29, 1.82) is 0 Å². The fourth-order valence-electron chi connectivity index (χ4n) is 2.17. The van der Waals surface area contributed by atoms with Crippen molar-refractivity contribution >= 4 is 11.9 Å². The topological polar surface area (TPSA) is 57.6 Å². The summed E-state index contributed by atoms with van der Waals surface area (Å²) in [4.78, 5) is 24.6. The van der Waals surface area contributed by atoms with Gasteiger partial charge in [-0.25, -0.2) is 4.39 Å². The van der Waals surface area contributed by atoms with Gasteiger partial charge < -0.3 is 10.0 Å². The maximum atomic E-state index is 13.2. The number of nitrogens with zero attached hydrogens (tertiary/aromatic N) is 1. The summed E-state index contributed by atoms with van der Waals surface area (Å²) in [5.41, 5.74) is 0.739. The number of hydrogen-bond acceptors (Lipinski definition) is 2. The van der Waals surface area contributed by atoms with Crippen molar-refractivity contribution in [3.8, 4) is 0 Å². The van der Waals surface area contributed by atoms with Crippen molar-refractivity contribution in [2.75, 3.05) is 6.54 Å². The summed E-state index contributed by atoms with van der Waals surface area (Å²) in [5.74, 6) is -1.74. The SMILES string of the molecule is CCC(C)N(CC(=O)O)C(=O)CC(C)c1cccc(F)c1. The highest BCUT2D eigenvalue weighted by Gasteiger charge is 2.23. The van der Waals surface area contributed by atoms with E-state index in [0.717, 1.165) is 5.56 Å². The molecular formula is C16H22FNO3. The standard InChI is InChI=1S/C16H22FNO3/c1-4-12(3)18(10-16(20)21)15(19)8-11(2)13-6-5-7-14(17)9-13/h5-7,9,11-12H,4,8,10H2,1-3H3,(H,20,21). The molecule has 5 heteroatoms. The van der Waals surface area contributed by atoms with Crippen molar-refractivity contribution < 1.29 is 19.1 Å². The predicted molar refractivity (Wildman–Crippen MR) is 78.5 cm³/mol. The number of benzene rings is 1. The summed E-state index contributed by atoms with van der Waals surface area (Å²) in [7, 11) is 0. The van der Waals surface area contributed by atoms with E-state index in [9.17, 15) is 14.0 Å². The molecule has 0 fully saturated rings. The van der Waals surface area contributed by atoms with E-state index in [1.54, 1.807) is 12.1 Å². The van der Waals surface area contributed by atoms with Crippen molar-refractivity contribution in [1.82, 2.24) is 4.90 Å². The summed E-state index contributed by atoms with van der Waals surface area (Å²) < 4.78 is 13.2. The average molecular weight is 295 g/mol. The first kappa shape index (κ1) is 17.1. The quantitative estimate of drug-likeness (QED) is 0.841. The van der Waals surface area contributed by atoms with Crippen molar-refractivity contribution in [2.45, 2.75) is 45.6 Å². The molecular weight excluding hydrogens is 273 g/mol. The van der Waals surface area contributed by atoms with E-state index in [2.05, 4.69) is 0 Å². The number of rotatable bonds is 7. The number of hydrogen-bond donors (Lipinski definition) is 1. The Balaban J connectivity index is 2.78. The van der Waals surface area contributed by atoms with Crippen LogP contribution < -0.4 is 0 Å². The summed E-state index contributed by atoms with van der Waals surface area (Å²) >= 11 is 0. The second kappa shape index (κ2) is 7.76. The Morgan fingerprint density at radius 2 is 2.00 bits per heavy atom. The third-order valence-corrected chi connectivity index (χ3v) is 3.65. The molecule has 2 atom stereocenters. The zero-order chi connectivity index (χ0) is 16.0. The average Bonchev–Trinajstić information content (AvgIpc) is 2.43. The third kappa shape index (κ3) is 5.17. The van der Waals surface area contributed by atoms with Gasteiger partial charge in [-0.15, -0.1) is 0 Å². The van der Waals surface area contributed by atoms with Gasteiger partial charge in [0.25, 0.3) is 0 Å². The van der Waals surface area contributed by atoms with Crippen LogP contribution in [0.25, 0.3) is 0 Å². The first-order valence-corrected chi connectivity index (χ1v) is 7.11. The Kier molecular flexibility index (Phi) is 6.34. The first-order chi connectivity index (χ1) is 9.85. The molecule has 1 rings (SSSR count). The molecule has 0 aromatic heterocycles. The van der Waals surface area contributed by atoms with Gasteiger partial charge in [-0.3, -0.25) is 9.59 Å². The lowest BCUT2D eigenvalue weighted by molar-refractivity contribution is -0.146. The minimum absolute atomic E-state index is 0.131. The highest BCUT2D eigenvalue weighted by atomic mass is 19.1. The van der Waals surface area contributed by atoms with E-state index >= 15 is 0 Å². The van der Waals surface area contributed by atoms with Crippen LogP contribution in [-0.2, 0) is 9.59 Å². The maximum absolute atomic E-state index is 13.2. The predicted octanol–water partition coefficient (Wildman–Crippen LogP) is 3.03. The third-order valence-electron chi connectivity index (χ3n) is 3.65. The van der Waals surface area contributed by atoms with Crippen LogP contribution in [0.1, 0.15) is 45.1 Å². The number of carbonyl (C=O) groups is 2. The molecule has 0 aliphatic heterocycles. The highest BCUT2D eigenvalue weighted by molar-refractivity contribution is 5.82. The van der Waals surface area contributed by atoms with Crippen LogP contribution in [-0.4, -0.2) is 34.5 Å². The van der Waals surface area contributed by atoms with E-state index in [-0.39, 0.29) is 36.6 Å². The summed E-state index contributed by atoms with van der Waals surface area (Å²) in [6.45, 7) is 5.27. The molecule has 1 aromatic rings. The van der Waals surface area contributed by atoms with Crippen LogP contribution in [0.15, 0.2) is 24.3 Å². The van der Waals surface area contributed by atoms with E-state index in [1.165, 1.54) is 17.0 Å². The molecule has 21 heavy (non-hydrogen) atoms. The van der Waals surface area contributed by atoms with Gasteiger partial charge in [0, 0.05) is 12.5 Å². The minimum Gasteiger partial charge on any atom is -0.480 e. The number of carboxylic acid groups (broad SMARTS) is 1. The lowest BCUT2D eigenvalue weighted by Gasteiger charge is -2.28. The number of amides is 1. The Hall–Kier alpha value is -1.91. The fraction of sp³-hybridized carbons (Fsp3) is 0.500. The van der Waals surface area contributed by atoms with Crippen molar-refractivity contribution in [3.63, 3.8) is 0 Å². The van der Waals surface area contributed by atoms with E-state index in [1.807, 2.05) is 20.8 Å². The molecule has 0 aliphatic carbocycles. The van der Waals surface area contributed by atoms with Crippen LogP contribution in [0.4, 0.5) is 4.39 Å². The van der Waals surface area contributed by atoms with Crippen molar-refractivity contribution in [2.24, 2.45) is 0 Å². The number of carboxylic acids is 1.